The van der Waals surface area contributed by atoms with E-state index in [4.69, 9.17) is 0 Å². The summed E-state index contributed by atoms with van der Waals surface area (Å²) in [6, 6.07) is 174. The van der Waals surface area contributed by atoms with E-state index in [0.29, 0.717) is 0 Å². The molecule has 0 heterocycles. The highest BCUT2D eigenvalue weighted by Crippen LogP contribution is 2.47. The Bertz CT molecular complexity index is 6180. The van der Waals surface area contributed by atoms with Gasteiger partial charge >= 0.3 is 0 Å². The minimum atomic E-state index is 1.04. The fourth-order valence-electron chi connectivity index (χ4n) is 16.1. The van der Waals surface area contributed by atoms with E-state index in [2.05, 4.69) is 515 Å². The van der Waals surface area contributed by atoms with Crippen LogP contribution in [0.4, 0.5) is 102 Å². The molecule has 0 unspecified atom stereocenters. The molecule has 0 aliphatic carbocycles. The number of benzene rings is 20. The zero-order chi connectivity index (χ0) is 77.4. The molecule has 0 N–H and O–H groups in total. The van der Waals surface area contributed by atoms with Gasteiger partial charge in [0, 0.05) is 102 Å². The average molecular weight is 1490 g/mol. The van der Waals surface area contributed by atoms with Crippen molar-refractivity contribution in [1.29, 1.82) is 0 Å². The van der Waals surface area contributed by atoms with E-state index < -0.39 is 0 Å². The largest absolute Gasteiger partial charge is 0.310 e. The predicted molar refractivity (Wildman–Crippen MR) is 494 cm³/mol. The van der Waals surface area contributed by atoms with Crippen LogP contribution in [0.3, 0.4) is 0 Å². The normalized spacial score (nSPS) is 11.1. The van der Waals surface area contributed by atoms with Gasteiger partial charge in [-0.1, -0.05) is 279 Å². The first-order chi connectivity index (χ1) is 57.5. The quantitative estimate of drug-likeness (QED) is 0.0798. The molecule has 6 nitrogen and oxygen atoms in total. The molecule has 0 amide bonds. The van der Waals surface area contributed by atoms with Crippen LogP contribution in [0.2, 0.25) is 0 Å². The molecule has 0 fully saturated rings. The SMILES string of the molecule is c1ccc(N(c2ccc(-c3ccc(N(c4ccccc4)c4cccc5ccccc45)cc3)cc2)c2cccc3ccccc23)cc1.c1ccc(N(c2ccc(N(c3ccc(N(c4ccccc4)c4ccc5ccccc5c4)cc3)c3ccc(N(c4ccccc4)c4ccc5ccccc5c4)cc3)cc2)c2ccc3ccccc3c2)cc1. The van der Waals surface area contributed by atoms with Gasteiger partial charge in [-0.25, -0.2) is 0 Å². The van der Waals surface area contributed by atoms with Crippen molar-refractivity contribution in [3.63, 3.8) is 0 Å². The van der Waals surface area contributed by atoms with Gasteiger partial charge in [0.25, 0.3) is 0 Å². The van der Waals surface area contributed by atoms with Gasteiger partial charge in [0.1, 0.15) is 0 Å². The van der Waals surface area contributed by atoms with Crippen molar-refractivity contribution in [3.05, 3.63) is 485 Å². The second-order valence-electron chi connectivity index (χ2n) is 28.9. The van der Waals surface area contributed by atoms with Crippen LogP contribution in [-0.2, 0) is 0 Å². The highest BCUT2D eigenvalue weighted by Gasteiger charge is 2.23. The Morgan fingerprint density at radius 3 is 0.560 bits per heavy atom. The Labute approximate surface area is 677 Å². The molecule has 20 aromatic carbocycles. The van der Waals surface area contributed by atoms with Gasteiger partial charge in [0.2, 0.25) is 0 Å². The molecular weight excluding hydrogens is 1410 g/mol. The lowest BCUT2D eigenvalue weighted by molar-refractivity contribution is 1.24. The van der Waals surface area contributed by atoms with Crippen LogP contribution in [0.5, 0.6) is 0 Å². The van der Waals surface area contributed by atoms with Crippen LogP contribution in [0.25, 0.3) is 65.0 Å². The molecule has 20 rings (SSSR count). The zero-order valence-electron chi connectivity index (χ0n) is 63.9. The molecule has 550 valence electrons. The monoisotopic (exact) mass is 1480 g/mol. The summed E-state index contributed by atoms with van der Waals surface area (Å²) in [4.78, 5) is 14.0. The molecular formula is C110H80N6. The van der Waals surface area contributed by atoms with Crippen LogP contribution >= 0.6 is 0 Å². The fraction of sp³-hybridized carbons (Fsp3) is 0. The maximum Gasteiger partial charge on any atom is 0.0540 e. The van der Waals surface area contributed by atoms with Crippen molar-refractivity contribution >= 4 is 156 Å². The zero-order valence-corrected chi connectivity index (χ0v) is 63.9. The summed E-state index contributed by atoms with van der Waals surface area (Å²) in [5.41, 5.74) is 22.1. The number of rotatable bonds is 19. The maximum atomic E-state index is 2.35. The number of fused-ring (bicyclic) bond motifs is 5. The van der Waals surface area contributed by atoms with Gasteiger partial charge in [-0.3, -0.25) is 0 Å². The summed E-state index contributed by atoms with van der Waals surface area (Å²) in [5, 5.41) is 12.2. The number of para-hydroxylation sites is 5. The summed E-state index contributed by atoms with van der Waals surface area (Å²) in [7, 11) is 0. The molecule has 0 bridgehead atoms. The highest BCUT2D eigenvalue weighted by atomic mass is 15.2. The first-order valence-corrected chi connectivity index (χ1v) is 39.5. The summed E-state index contributed by atoms with van der Waals surface area (Å²) < 4.78 is 0. The lowest BCUT2D eigenvalue weighted by atomic mass is 10.0. The summed E-state index contributed by atoms with van der Waals surface area (Å²) >= 11 is 0. The third kappa shape index (κ3) is 14.7. The van der Waals surface area contributed by atoms with E-state index >= 15 is 0 Å². The van der Waals surface area contributed by atoms with E-state index in [1.807, 2.05) is 0 Å². The van der Waals surface area contributed by atoms with Crippen LogP contribution in [0.15, 0.2) is 485 Å². The lowest BCUT2D eigenvalue weighted by Gasteiger charge is -2.30. The molecule has 0 aliphatic heterocycles. The molecule has 0 radical (unpaired) electrons. The molecule has 20 aromatic rings. The molecule has 0 atom stereocenters. The smallest absolute Gasteiger partial charge is 0.0540 e. The molecule has 0 aromatic heterocycles. The van der Waals surface area contributed by atoms with Crippen molar-refractivity contribution < 1.29 is 0 Å². The van der Waals surface area contributed by atoms with Crippen LogP contribution in [0, 0.1) is 0 Å². The molecule has 0 saturated carbocycles. The first kappa shape index (κ1) is 70.9. The van der Waals surface area contributed by atoms with Crippen molar-refractivity contribution in [2.75, 3.05) is 29.4 Å². The molecule has 116 heavy (non-hydrogen) atoms. The Morgan fingerprint density at radius 2 is 0.284 bits per heavy atom. The molecule has 6 heteroatoms. The van der Waals surface area contributed by atoms with E-state index in [1.165, 1.54) is 65.0 Å². The van der Waals surface area contributed by atoms with Crippen LogP contribution in [-0.4, -0.2) is 0 Å². The third-order valence-corrected chi connectivity index (χ3v) is 21.7. The second-order valence-corrected chi connectivity index (χ2v) is 28.9. The average Bonchev–Trinajstić information content (AvgIpc) is 0.786. The van der Waals surface area contributed by atoms with Crippen LogP contribution in [0.1, 0.15) is 0 Å². The minimum absolute atomic E-state index is 1.04. The summed E-state index contributed by atoms with van der Waals surface area (Å²) in [6.07, 6.45) is 0. The molecule has 0 saturated heterocycles. The standard InChI is InChI=1S/C66H48N4.C44H32N2/c1-4-22-55(23-5-1)68(64-31-28-49-16-10-13-19-52(49)46-64)61-40-34-58(35-41-61)67(59-36-42-62(43-37-59)69(56-24-6-2-7-25-56)65-32-29-50-17-11-14-20-53(50)47-65)60-38-44-63(45-39-60)70(57-26-8-3-9-27-57)66-33-30-51-18-12-15-21-54(51)48-66;1-3-17-37(18-4-1)45(43-23-11-15-35-13-7-9-21-41(35)43)39-29-25-33(26-30-39)34-27-31-40(32-28-34)46(38-19-5-2-6-20-38)44-24-12-16-36-14-8-10-22-42(36)44/h1-48H;1-32H. The van der Waals surface area contributed by atoms with E-state index in [0.717, 1.165) is 102 Å². The fourth-order valence-corrected chi connectivity index (χ4v) is 16.1. The maximum absolute atomic E-state index is 2.35. The van der Waals surface area contributed by atoms with Crippen molar-refractivity contribution in [3.8, 4) is 11.1 Å². The number of hydrogen-bond donors (Lipinski definition) is 0. The Balaban J connectivity index is 0.000000169. The Hall–Kier alpha value is -15.5. The number of nitrogens with zero attached hydrogens (tertiary/aromatic N) is 6. The van der Waals surface area contributed by atoms with Crippen molar-refractivity contribution in [1.82, 2.24) is 0 Å². The first-order valence-electron chi connectivity index (χ1n) is 39.5. The third-order valence-electron chi connectivity index (χ3n) is 21.7. The highest BCUT2D eigenvalue weighted by molar-refractivity contribution is 6.02. The Morgan fingerprint density at radius 1 is 0.103 bits per heavy atom. The minimum Gasteiger partial charge on any atom is -0.310 e. The van der Waals surface area contributed by atoms with Gasteiger partial charge in [-0.05, 0) is 260 Å². The predicted octanol–water partition coefficient (Wildman–Crippen LogP) is 31.6. The summed E-state index contributed by atoms with van der Waals surface area (Å²) in [5.74, 6) is 0. The molecule has 0 spiro atoms. The van der Waals surface area contributed by atoms with Crippen molar-refractivity contribution in [2.24, 2.45) is 0 Å². The van der Waals surface area contributed by atoms with E-state index in [9.17, 15) is 0 Å². The molecule has 0 aliphatic rings. The van der Waals surface area contributed by atoms with Gasteiger partial charge in [0.05, 0.1) is 11.4 Å². The van der Waals surface area contributed by atoms with E-state index in [-0.39, 0.29) is 0 Å². The number of anilines is 18. The lowest BCUT2D eigenvalue weighted by Crippen LogP contribution is -2.14. The topological polar surface area (TPSA) is 19.4 Å². The van der Waals surface area contributed by atoms with Gasteiger partial charge in [0.15, 0.2) is 0 Å². The van der Waals surface area contributed by atoms with Crippen LogP contribution < -0.4 is 29.4 Å². The van der Waals surface area contributed by atoms with E-state index in [1.54, 1.807) is 0 Å². The second kappa shape index (κ2) is 32.4. The number of hydrogen-bond acceptors (Lipinski definition) is 6. The van der Waals surface area contributed by atoms with Crippen molar-refractivity contribution in [2.45, 2.75) is 0 Å². The van der Waals surface area contributed by atoms with Gasteiger partial charge in [-0.2, -0.15) is 0 Å². The van der Waals surface area contributed by atoms with Gasteiger partial charge in [-0.15, -0.1) is 0 Å². The summed E-state index contributed by atoms with van der Waals surface area (Å²) in [6.45, 7) is 0. The Kier molecular flexibility index (Phi) is 19.8. The van der Waals surface area contributed by atoms with Gasteiger partial charge < -0.3 is 29.4 Å².